The van der Waals surface area contributed by atoms with E-state index < -0.39 is 0 Å². The summed E-state index contributed by atoms with van der Waals surface area (Å²) in [4.78, 5) is 4.52. The van der Waals surface area contributed by atoms with E-state index >= 15 is 0 Å². The van der Waals surface area contributed by atoms with Gasteiger partial charge in [-0.1, -0.05) is 19.1 Å². The van der Waals surface area contributed by atoms with Gasteiger partial charge in [0, 0.05) is 25.4 Å². The molecule has 0 aliphatic rings. The molecule has 3 nitrogen and oxygen atoms in total. The highest BCUT2D eigenvalue weighted by molar-refractivity contribution is 7.80. The standard InChI is InChI=1S/C13H20N2OS/c1-2-12(10-13(14)17)16-9-3-4-11-5-7-15-8-6-11/h5-8,12H,2-4,9-10H2,1H3,(H2,14,17). The van der Waals surface area contributed by atoms with Crippen LogP contribution >= 0.6 is 12.2 Å². The predicted octanol–water partition coefficient (Wildman–Crippen LogP) is 2.49. The molecule has 4 heteroatoms. The number of nitrogens with two attached hydrogens (primary N) is 1. The van der Waals surface area contributed by atoms with Gasteiger partial charge < -0.3 is 10.5 Å². The van der Waals surface area contributed by atoms with Crippen LogP contribution < -0.4 is 5.73 Å². The molecule has 1 unspecified atom stereocenters. The van der Waals surface area contributed by atoms with Gasteiger partial charge in [0.05, 0.1) is 11.1 Å². The zero-order valence-corrected chi connectivity index (χ0v) is 11.1. The third-order valence-corrected chi connectivity index (χ3v) is 2.76. The first kappa shape index (κ1) is 14.1. The Balaban J connectivity index is 2.16. The topological polar surface area (TPSA) is 48.1 Å². The van der Waals surface area contributed by atoms with E-state index in [1.807, 2.05) is 24.5 Å². The fourth-order valence-corrected chi connectivity index (χ4v) is 1.81. The van der Waals surface area contributed by atoms with Gasteiger partial charge in [-0.2, -0.15) is 0 Å². The monoisotopic (exact) mass is 252 g/mol. The van der Waals surface area contributed by atoms with Gasteiger partial charge in [-0.3, -0.25) is 4.98 Å². The average molecular weight is 252 g/mol. The molecule has 0 aromatic carbocycles. The number of aryl methyl sites for hydroxylation is 1. The molecular weight excluding hydrogens is 232 g/mol. The summed E-state index contributed by atoms with van der Waals surface area (Å²) in [6.45, 7) is 2.84. The molecule has 0 saturated carbocycles. The number of aromatic nitrogens is 1. The molecule has 1 rings (SSSR count). The molecule has 0 spiro atoms. The van der Waals surface area contributed by atoms with Crippen LogP contribution in [0.1, 0.15) is 31.7 Å². The molecule has 0 amide bonds. The van der Waals surface area contributed by atoms with Gasteiger partial charge in [0.15, 0.2) is 0 Å². The van der Waals surface area contributed by atoms with Crippen molar-refractivity contribution in [2.75, 3.05) is 6.61 Å². The van der Waals surface area contributed by atoms with Crippen LogP contribution in [-0.4, -0.2) is 22.7 Å². The fraction of sp³-hybridized carbons (Fsp3) is 0.538. The number of nitrogens with zero attached hydrogens (tertiary/aromatic N) is 1. The second-order valence-corrected chi connectivity index (χ2v) is 4.55. The lowest BCUT2D eigenvalue weighted by Crippen LogP contribution is -2.21. The lowest BCUT2D eigenvalue weighted by Gasteiger charge is -2.15. The molecule has 0 aliphatic heterocycles. The molecular formula is C13H20N2OS. The zero-order valence-electron chi connectivity index (χ0n) is 10.3. The average Bonchev–Trinajstić information content (AvgIpc) is 2.34. The molecule has 94 valence electrons. The highest BCUT2D eigenvalue weighted by atomic mass is 32.1. The van der Waals surface area contributed by atoms with Crippen molar-refractivity contribution in [3.05, 3.63) is 30.1 Å². The van der Waals surface area contributed by atoms with Crippen LogP contribution in [0.4, 0.5) is 0 Å². The zero-order chi connectivity index (χ0) is 12.5. The van der Waals surface area contributed by atoms with Crippen molar-refractivity contribution in [3.63, 3.8) is 0 Å². The molecule has 2 N–H and O–H groups in total. The minimum absolute atomic E-state index is 0.171. The number of ether oxygens (including phenoxy) is 1. The molecule has 0 radical (unpaired) electrons. The maximum absolute atomic E-state index is 5.74. The number of hydrogen-bond donors (Lipinski definition) is 1. The van der Waals surface area contributed by atoms with Crippen LogP contribution in [0.2, 0.25) is 0 Å². The van der Waals surface area contributed by atoms with E-state index in [2.05, 4.69) is 11.9 Å². The Morgan fingerprint density at radius 2 is 2.18 bits per heavy atom. The summed E-state index contributed by atoms with van der Waals surface area (Å²) in [6.07, 6.45) is 7.47. The Morgan fingerprint density at radius 1 is 1.47 bits per heavy atom. The molecule has 1 aromatic rings. The van der Waals surface area contributed by atoms with Crippen LogP contribution in [0.5, 0.6) is 0 Å². The minimum atomic E-state index is 0.171. The molecule has 0 saturated heterocycles. The minimum Gasteiger partial charge on any atom is -0.393 e. The van der Waals surface area contributed by atoms with Crippen LogP contribution in [0, 0.1) is 0 Å². The lowest BCUT2D eigenvalue weighted by molar-refractivity contribution is 0.0544. The van der Waals surface area contributed by atoms with Crippen molar-refractivity contribution in [3.8, 4) is 0 Å². The van der Waals surface area contributed by atoms with Crippen molar-refractivity contribution < 1.29 is 4.74 Å². The lowest BCUT2D eigenvalue weighted by atomic mass is 10.1. The van der Waals surface area contributed by atoms with Crippen LogP contribution in [-0.2, 0) is 11.2 Å². The largest absolute Gasteiger partial charge is 0.393 e. The molecule has 0 fully saturated rings. The van der Waals surface area contributed by atoms with Crippen molar-refractivity contribution in [1.82, 2.24) is 4.98 Å². The van der Waals surface area contributed by atoms with Crippen molar-refractivity contribution in [2.24, 2.45) is 5.73 Å². The summed E-state index contributed by atoms with van der Waals surface area (Å²) in [7, 11) is 0. The summed E-state index contributed by atoms with van der Waals surface area (Å²) in [5.74, 6) is 0. The van der Waals surface area contributed by atoms with Crippen molar-refractivity contribution >= 4 is 17.2 Å². The van der Waals surface area contributed by atoms with Gasteiger partial charge in [0.2, 0.25) is 0 Å². The predicted molar refractivity (Wildman–Crippen MR) is 74.0 cm³/mol. The number of rotatable bonds is 8. The van der Waals surface area contributed by atoms with E-state index in [1.54, 1.807) is 0 Å². The Hall–Kier alpha value is -1.00. The molecule has 1 atom stereocenters. The van der Waals surface area contributed by atoms with E-state index in [4.69, 9.17) is 22.7 Å². The number of hydrogen-bond acceptors (Lipinski definition) is 3. The quantitative estimate of drug-likeness (QED) is 0.570. The fourth-order valence-electron chi connectivity index (χ4n) is 1.62. The molecule has 17 heavy (non-hydrogen) atoms. The normalized spacial score (nSPS) is 12.3. The Labute approximate surface area is 108 Å². The second kappa shape index (κ2) is 8.14. The van der Waals surface area contributed by atoms with Gasteiger partial charge >= 0.3 is 0 Å². The maximum Gasteiger partial charge on any atom is 0.0753 e. The highest BCUT2D eigenvalue weighted by Gasteiger charge is 2.07. The molecule has 0 bridgehead atoms. The second-order valence-electron chi connectivity index (χ2n) is 4.03. The maximum atomic E-state index is 5.74. The van der Waals surface area contributed by atoms with E-state index in [1.165, 1.54) is 5.56 Å². The molecule has 1 heterocycles. The van der Waals surface area contributed by atoms with E-state index in [0.29, 0.717) is 11.4 Å². The van der Waals surface area contributed by atoms with E-state index in [0.717, 1.165) is 25.9 Å². The van der Waals surface area contributed by atoms with E-state index in [-0.39, 0.29) is 6.10 Å². The van der Waals surface area contributed by atoms with Gasteiger partial charge in [0.1, 0.15) is 0 Å². The smallest absolute Gasteiger partial charge is 0.0753 e. The Bertz CT molecular complexity index is 329. The first-order valence-electron chi connectivity index (χ1n) is 6.01. The number of pyridine rings is 1. The number of thiocarbonyl (C=S) groups is 1. The highest BCUT2D eigenvalue weighted by Crippen LogP contribution is 2.06. The SMILES string of the molecule is CCC(CC(N)=S)OCCCc1ccncc1. The third-order valence-electron chi connectivity index (χ3n) is 2.60. The summed E-state index contributed by atoms with van der Waals surface area (Å²) in [6, 6.07) is 4.07. The first-order valence-corrected chi connectivity index (χ1v) is 6.42. The van der Waals surface area contributed by atoms with Gasteiger partial charge in [-0.15, -0.1) is 0 Å². The third kappa shape index (κ3) is 6.34. The summed E-state index contributed by atoms with van der Waals surface area (Å²) < 4.78 is 5.74. The first-order chi connectivity index (χ1) is 8.22. The van der Waals surface area contributed by atoms with Crippen molar-refractivity contribution in [1.29, 1.82) is 0 Å². The summed E-state index contributed by atoms with van der Waals surface area (Å²) in [5.41, 5.74) is 6.81. The van der Waals surface area contributed by atoms with Gasteiger partial charge in [-0.05, 0) is 37.0 Å². The molecule has 0 aliphatic carbocycles. The van der Waals surface area contributed by atoms with Gasteiger partial charge in [0.25, 0.3) is 0 Å². The van der Waals surface area contributed by atoms with Crippen molar-refractivity contribution in [2.45, 2.75) is 38.7 Å². The summed E-state index contributed by atoms with van der Waals surface area (Å²) in [5, 5.41) is 0. The molecule has 1 aromatic heterocycles. The van der Waals surface area contributed by atoms with Crippen LogP contribution in [0.25, 0.3) is 0 Å². The van der Waals surface area contributed by atoms with Gasteiger partial charge in [-0.25, -0.2) is 0 Å². The van der Waals surface area contributed by atoms with E-state index in [9.17, 15) is 0 Å². The van der Waals surface area contributed by atoms with Crippen LogP contribution in [0.3, 0.4) is 0 Å². The Morgan fingerprint density at radius 3 is 2.76 bits per heavy atom. The Kier molecular flexibility index (Phi) is 6.74. The van der Waals surface area contributed by atoms with Crippen LogP contribution in [0.15, 0.2) is 24.5 Å². The summed E-state index contributed by atoms with van der Waals surface area (Å²) >= 11 is 4.88.